The lowest BCUT2D eigenvalue weighted by atomic mass is 10.3. The van der Waals surface area contributed by atoms with Crippen LogP contribution in [0.2, 0.25) is 0 Å². The molecule has 0 unspecified atom stereocenters. The number of rotatable bonds is 6. The Morgan fingerprint density at radius 2 is 2.16 bits per heavy atom. The van der Waals surface area contributed by atoms with Gasteiger partial charge < -0.3 is 20.1 Å². The minimum Gasteiger partial charge on any atom is -0.354 e. The van der Waals surface area contributed by atoms with Gasteiger partial charge in [0.25, 0.3) is 5.91 Å². The molecule has 1 fully saturated rings. The van der Waals surface area contributed by atoms with Crippen LogP contribution in [0.1, 0.15) is 29.2 Å². The standard InChI is InChI=1S/C17H25N7O/c1-14-19-7-11-23(14)8-3-5-20-17(25)15-12-22-16(13-21-15)24-9-2-4-18-6-10-24/h7,11-13,18H,2-6,8-10H2,1H3,(H,20,25). The van der Waals surface area contributed by atoms with E-state index in [9.17, 15) is 4.79 Å². The molecule has 1 aliphatic heterocycles. The molecule has 8 nitrogen and oxygen atoms in total. The third-order valence-electron chi connectivity index (χ3n) is 4.32. The van der Waals surface area contributed by atoms with E-state index < -0.39 is 0 Å². The van der Waals surface area contributed by atoms with Crippen LogP contribution in [0.15, 0.2) is 24.8 Å². The third kappa shape index (κ3) is 4.76. The summed E-state index contributed by atoms with van der Waals surface area (Å²) in [7, 11) is 0. The molecule has 0 aromatic carbocycles. The molecule has 0 saturated carbocycles. The van der Waals surface area contributed by atoms with E-state index in [0.717, 1.165) is 57.2 Å². The highest BCUT2D eigenvalue weighted by molar-refractivity contribution is 5.91. The predicted molar refractivity (Wildman–Crippen MR) is 95.6 cm³/mol. The van der Waals surface area contributed by atoms with Crippen LogP contribution >= 0.6 is 0 Å². The van der Waals surface area contributed by atoms with Gasteiger partial charge >= 0.3 is 0 Å². The monoisotopic (exact) mass is 343 g/mol. The van der Waals surface area contributed by atoms with Gasteiger partial charge in [-0.1, -0.05) is 0 Å². The fraction of sp³-hybridized carbons (Fsp3) is 0.529. The van der Waals surface area contributed by atoms with Gasteiger partial charge in [0.15, 0.2) is 0 Å². The number of aryl methyl sites for hydroxylation is 2. The Balaban J connectivity index is 1.46. The smallest absolute Gasteiger partial charge is 0.271 e. The minimum atomic E-state index is -0.182. The van der Waals surface area contributed by atoms with Crippen molar-refractivity contribution < 1.29 is 4.79 Å². The van der Waals surface area contributed by atoms with Gasteiger partial charge in [0, 0.05) is 45.1 Å². The summed E-state index contributed by atoms with van der Waals surface area (Å²) in [6, 6.07) is 0. The molecule has 3 rings (SSSR count). The number of nitrogens with zero attached hydrogens (tertiary/aromatic N) is 5. The van der Waals surface area contributed by atoms with Gasteiger partial charge in [-0.25, -0.2) is 15.0 Å². The molecule has 2 aromatic rings. The lowest BCUT2D eigenvalue weighted by Gasteiger charge is -2.20. The van der Waals surface area contributed by atoms with Gasteiger partial charge in [-0.2, -0.15) is 0 Å². The van der Waals surface area contributed by atoms with Crippen molar-refractivity contribution in [2.24, 2.45) is 0 Å². The number of anilines is 1. The summed E-state index contributed by atoms with van der Waals surface area (Å²) >= 11 is 0. The second-order valence-electron chi connectivity index (χ2n) is 6.13. The van der Waals surface area contributed by atoms with E-state index in [1.807, 2.05) is 13.1 Å². The first-order valence-electron chi connectivity index (χ1n) is 8.77. The maximum atomic E-state index is 12.2. The molecule has 8 heteroatoms. The number of carbonyl (C=O) groups is 1. The van der Waals surface area contributed by atoms with Crippen LogP contribution in [0.5, 0.6) is 0 Å². The first kappa shape index (κ1) is 17.3. The van der Waals surface area contributed by atoms with Crippen molar-refractivity contribution in [2.75, 3.05) is 37.6 Å². The van der Waals surface area contributed by atoms with Crippen LogP contribution in [0.4, 0.5) is 5.82 Å². The number of hydrogen-bond donors (Lipinski definition) is 2. The first-order valence-corrected chi connectivity index (χ1v) is 8.77. The summed E-state index contributed by atoms with van der Waals surface area (Å²) < 4.78 is 2.07. The molecule has 3 heterocycles. The van der Waals surface area contributed by atoms with Crippen molar-refractivity contribution in [2.45, 2.75) is 26.3 Å². The van der Waals surface area contributed by atoms with Gasteiger partial charge in [-0.15, -0.1) is 0 Å². The van der Waals surface area contributed by atoms with E-state index in [2.05, 4.69) is 35.1 Å². The van der Waals surface area contributed by atoms with Crippen LogP contribution in [0.25, 0.3) is 0 Å². The average molecular weight is 343 g/mol. The van der Waals surface area contributed by atoms with Gasteiger partial charge in [0.2, 0.25) is 0 Å². The Morgan fingerprint density at radius 3 is 2.92 bits per heavy atom. The predicted octanol–water partition coefficient (Wildman–Crippen LogP) is 0.601. The lowest BCUT2D eigenvalue weighted by molar-refractivity contribution is 0.0947. The SMILES string of the molecule is Cc1nccn1CCCNC(=O)c1cnc(N2CCCNCC2)cn1. The highest BCUT2D eigenvalue weighted by Gasteiger charge is 2.13. The Kier molecular flexibility index (Phi) is 5.95. The zero-order chi connectivity index (χ0) is 17.5. The number of carbonyl (C=O) groups excluding carboxylic acids is 1. The molecule has 1 amide bonds. The fourth-order valence-corrected chi connectivity index (χ4v) is 2.86. The maximum absolute atomic E-state index is 12.2. The molecule has 2 aromatic heterocycles. The zero-order valence-electron chi connectivity index (χ0n) is 14.6. The van der Waals surface area contributed by atoms with Crippen LogP contribution in [0, 0.1) is 6.92 Å². The van der Waals surface area contributed by atoms with E-state index in [4.69, 9.17) is 0 Å². The highest BCUT2D eigenvalue weighted by atomic mass is 16.1. The Labute approximate surface area is 147 Å². The quantitative estimate of drug-likeness (QED) is 0.747. The maximum Gasteiger partial charge on any atom is 0.271 e. The molecule has 0 bridgehead atoms. The van der Waals surface area contributed by atoms with Gasteiger partial charge in [0.1, 0.15) is 17.3 Å². The number of amides is 1. The van der Waals surface area contributed by atoms with Crippen molar-refractivity contribution >= 4 is 11.7 Å². The van der Waals surface area contributed by atoms with Crippen molar-refractivity contribution in [3.8, 4) is 0 Å². The highest BCUT2D eigenvalue weighted by Crippen LogP contribution is 2.10. The molecule has 1 aliphatic rings. The molecule has 1 saturated heterocycles. The van der Waals surface area contributed by atoms with E-state index in [1.165, 1.54) is 0 Å². The van der Waals surface area contributed by atoms with E-state index in [-0.39, 0.29) is 5.91 Å². The largest absolute Gasteiger partial charge is 0.354 e. The number of hydrogen-bond acceptors (Lipinski definition) is 6. The number of aromatic nitrogens is 4. The summed E-state index contributed by atoms with van der Waals surface area (Å²) in [6.45, 7) is 7.24. The Morgan fingerprint density at radius 1 is 1.24 bits per heavy atom. The van der Waals surface area contributed by atoms with Gasteiger partial charge in [0.05, 0.1) is 12.4 Å². The minimum absolute atomic E-state index is 0.182. The second kappa shape index (κ2) is 8.57. The molecule has 0 atom stereocenters. The van der Waals surface area contributed by atoms with Crippen molar-refractivity contribution in [1.82, 2.24) is 30.2 Å². The molecular formula is C17H25N7O. The van der Waals surface area contributed by atoms with Crippen molar-refractivity contribution in [3.63, 3.8) is 0 Å². The van der Waals surface area contributed by atoms with Crippen LogP contribution in [-0.4, -0.2) is 58.1 Å². The average Bonchev–Trinajstić information content (AvgIpc) is 2.88. The number of nitrogens with one attached hydrogen (secondary N) is 2. The molecule has 0 radical (unpaired) electrons. The molecule has 0 aliphatic carbocycles. The first-order chi connectivity index (χ1) is 12.2. The normalized spacial score (nSPS) is 15.0. The van der Waals surface area contributed by atoms with Crippen LogP contribution in [0.3, 0.4) is 0 Å². The lowest BCUT2D eigenvalue weighted by Crippen LogP contribution is -2.29. The summed E-state index contributed by atoms with van der Waals surface area (Å²) in [5.74, 6) is 1.63. The van der Waals surface area contributed by atoms with E-state index in [0.29, 0.717) is 12.2 Å². The summed E-state index contributed by atoms with van der Waals surface area (Å²) in [5.41, 5.74) is 0.357. The van der Waals surface area contributed by atoms with E-state index >= 15 is 0 Å². The van der Waals surface area contributed by atoms with Gasteiger partial charge in [-0.3, -0.25) is 4.79 Å². The van der Waals surface area contributed by atoms with Crippen molar-refractivity contribution in [3.05, 3.63) is 36.3 Å². The fourth-order valence-electron chi connectivity index (χ4n) is 2.86. The molecular weight excluding hydrogens is 318 g/mol. The Hall–Kier alpha value is -2.48. The molecule has 0 spiro atoms. The number of imidazole rings is 1. The summed E-state index contributed by atoms with van der Waals surface area (Å²) in [5, 5.41) is 6.25. The van der Waals surface area contributed by atoms with Crippen LogP contribution < -0.4 is 15.5 Å². The van der Waals surface area contributed by atoms with E-state index in [1.54, 1.807) is 18.6 Å². The summed E-state index contributed by atoms with van der Waals surface area (Å²) in [4.78, 5) is 27.2. The molecule has 134 valence electrons. The van der Waals surface area contributed by atoms with Crippen molar-refractivity contribution in [1.29, 1.82) is 0 Å². The van der Waals surface area contributed by atoms with Gasteiger partial charge in [-0.05, 0) is 26.3 Å². The summed E-state index contributed by atoms with van der Waals surface area (Å²) in [6.07, 6.45) is 8.90. The zero-order valence-corrected chi connectivity index (χ0v) is 14.6. The third-order valence-corrected chi connectivity index (χ3v) is 4.32. The Bertz CT molecular complexity index is 675. The molecule has 25 heavy (non-hydrogen) atoms. The molecule has 2 N–H and O–H groups in total. The topological polar surface area (TPSA) is 88.0 Å². The second-order valence-corrected chi connectivity index (χ2v) is 6.13. The van der Waals surface area contributed by atoms with Crippen LogP contribution in [-0.2, 0) is 6.54 Å².